The van der Waals surface area contributed by atoms with Crippen molar-refractivity contribution in [2.24, 2.45) is 0 Å². The quantitative estimate of drug-likeness (QED) is 0.0322. The first-order valence-corrected chi connectivity index (χ1v) is 26.4. The Morgan fingerprint density at radius 2 is 1.69 bits per heavy atom. The molecule has 2 aromatic heterocycles. The van der Waals surface area contributed by atoms with Crippen LogP contribution in [-0.4, -0.2) is 95.9 Å². The first-order chi connectivity index (χ1) is 32.6. The summed E-state index contributed by atoms with van der Waals surface area (Å²) in [7, 11) is -2.47. The van der Waals surface area contributed by atoms with Crippen LogP contribution in [0.5, 0.6) is 17.5 Å². The van der Waals surface area contributed by atoms with Gasteiger partial charge in [0.25, 0.3) is 14.0 Å². The highest BCUT2D eigenvalue weighted by Crippen LogP contribution is 2.47. The zero-order chi connectivity index (χ0) is 48.1. The number of nitrogens with zero attached hydrogens (tertiary/aromatic N) is 6. The number of aryl methyl sites for hydroxylation is 1. The number of ether oxygens (including phenoxy) is 4. The summed E-state index contributed by atoms with van der Waals surface area (Å²) in [6, 6.07) is 12.2. The van der Waals surface area contributed by atoms with Crippen molar-refractivity contribution in [3.8, 4) is 28.8 Å². The molecule has 0 bridgehead atoms. The summed E-state index contributed by atoms with van der Waals surface area (Å²) < 4.78 is 64.5. The van der Waals surface area contributed by atoms with Crippen LogP contribution in [0.4, 0.5) is 25.1 Å². The molecule has 68 heavy (non-hydrogen) atoms. The molecule has 0 aliphatic carbocycles. The van der Waals surface area contributed by atoms with E-state index in [0.29, 0.717) is 59.6 Å². The molecule has 0 N–H and O–H groups in total. The fourth-order valence-electron chi connectivity index (χ4n) is 12.1. The number of carbonyl (C=O) groups excluding carboxylic acids is 1. The van der Waals surface area contributed by atoms with Gasteiger partial charge in [-0.05, 0) is 115 Å². The van der Waals surface area contributed by atoms with E-state index < -0.39 is 30.8 Å². The summed E-state index contributed by atoms with van der Waals surface area (Å²) in [5, 5.41) is 12.8. The summed E-state index contributed by atoms with van der Waals surface area (Å²) in [5.74, 6) is 0.243. The maximum absolute atomic E-state index is 17.9. The summed E-state index contributed by atoms with van der Waals surface area (Å²) >= 11 is 0. The molecule has 0 amide bonds. The SMILES string of the molecule is CCc1c(F)ccc2cc(O[Si](C(C)C)(C(C)C)C(C)C)cc(-c3ncc4c(N5CCC[C@]6(CCO6)C5)nc(OC[C@@]56CCCN5[C@H](COC(=O)Oc5ccc([N+](=O)[O-])cc5)CC6)nc4c3F)c12. The van der Waals surface area contributed by atoms with Crippen LogP contribution >= 0.6 is 0 Å². The molecule has 0 radical (unpaired) electrons. The Bertz CT molecular complexity index is 2700. The second-order valence-electron chi connectivity index (χ2n) is 20.1. The number of hydrogen-bond acceptors (Lipinski definition) is 13. The highest BCUT2D eigenvalue weighted by atomic mass is 28.4. The van der Waals surface area contributed by atoms with Gasteiger partial charge in [-0.3, -0.25) is 20.0 Å². The molecule has 14 nitrogen and oxygen atoms in total. The van der Waals surface area contributed by atoms with E-state index in [-0.39, 0.29) is 76.0 Å². The van der Waals surface area contributed by atoms with Gasteiger partial charge in [0.05, 0.1) is 28.1 Å². The standard InChI is InChI=1S/C51H62F2N6O8Si/c1-8-39-42(52)16-11-34-25-38(67-68(31(2)3,32(4)5)33(6)7)26-40(43(34)39)45-44(53)46-41(27-54-45)47(57-22-10-19-51(29-57)21-24-65-51)56-48(55-46)64-30-50-18-9-23-58(50)36(17-20-50)28-63-49(60)66-37-14-12-35(13-15-37)59(61)62/h11-16,25-27,31-33,36H,8-10,17-24,28-30H2,1-7H3/t36-,50-,51-/m0/s1. The lowest BCUT2D eigenvalue weighted by atomic mass is 9.86. The number of non-ortho nitro benzene ring substituents is 1. The number of anilines is 1. The van der Waals surface area contributed by atoms with Crippen molar-refractivity contribution in [3.63, 3.8) is 0 Å². The van der Waals surface area contributed by atoms with Crippen LogP contribution < -0.4 is 18.8 Å². The van der Waals surface area contributed by atoms with Crippen LogP contribution in [0.25, 0.3) is 32.9 Å². The lowest BCUT2D eigenvalue weighted by Crippen LogP contribution is -2.56. The number of benzene rings is 3. The van der Waals surface area contributed by atoms with Crippen LogP contribution in [0.1, 0.15) is 99.0 Å². The molecule has 1 spiro atoms. The van der Waals surface area contributed by atoms with Crippen molar-refractivity contribution in [2.75, 3.05) is 44.4 Å². The first kappa shape index (κ1) is 47.5. The Labute approximate surface area is 397 Å². The molecular formula is C51H62F2N6O8Si. The smallest absolute Gasteiger partial charge is 0.513 e. The third-order valence-electron chi connectivity index (χ3n) is 15.3. The van der Waals surface area contributed by atoms with Crippen molar-refractivity contribution >= 4 is 47.7 Å². The Morgan fingerprint density at radius 1 is 0.956 bits per heavy atom. The van der Waals surface area contributed by atoms with Crippen molar-refractivity contribution < 1.29 is 41.9 Å². The Kier molecular flexibility index (Phi) is 13.1. The zero-order valence-corrected chi connectivity index (χ0v) is 41.1. The van der Waals surface area contributed by atoms with Crippen LogP contribution in [0.3, 0.4) is 0 Å². The average molecular weight is 953 g/mol. The molecule has 4 aliphatic heterocycles. The van der Waals surface area contributed by atoms with E-state index in [2.05, 4.69) is 51.3 Å². The molecule has 3 atom stereocenters. The largest absolute Gasteiger partial charge is 0.543 e. The Morgan fingerprint density at radius 3 is 2.37 bits per heavy atom. The van der Waals surface area contributed by atoms with Gasteiger partial charge in [-0.2, -0.15) is 9.97 Å². The molecular weight excluding hydrogens is 891 g/mol. The van der Waals surface area contributed by atoms with Gasteiger partial charge >= 0.3 is 12.2 Å². The van der Waals surface area contributed by atoms with Crippen molar-refractivity contribution in [2.45, 2.75) is 134 Å². The van der Waals surface area contributed by atoms with Gasteiger partial charge in [0.1, 0.15) is 47.6 Å². The molecule has 5 aromatic rings. The van der Waals surface area contributed by atoms with E-state index >= 15 is 8.78 Å². The number of piperidine rings is 1. The zero-order valence-electron chi connectivity index (χ0n) is 40.1. The molecule has 3 aromatic carbocycles. The normalized spacial score (nSPS) is 21.8. The Balaban J connectivity index is 1.06. The molecule has 4 fully saturated rings. The molecule has 0 saturated carbocycles. The molecule has 4 saturated heterocycles. The van der Waals surface area contributed by atoms with Crippen molar-refractivity contribution in [1.82, 2.24) is 19.9 Å². The number of halogens is 2. The minimum Gasteiger partial charge on any atom is -0.543 e. The van der Waals surface area contributed by atoms with E-state index in [4.69, 9.17) is 38.3 Å². The monoisotopic (exact) mass is 952 g/mol. The van der Waals surface area contributed by atoms with Gasteiger partial charge in [-0.1, -0.05) is 54.5 Å². The van der Waals surface area contributed by atoms with Gasteiger partial charge in [0, 0.05) is 49.4 Å². The van der Waals surface area contributed by atoms with Gasteiger partial charge in [-0.15, -0.1) is 0 Å². The van der Waals surface area contributed by atoms with E-state index in [9.17, 15) is 14.9 Å². The molecule has 6 heterocycles. The number of hydrogen-bond donors (Lipinski definition) is 0. The molecule has 17 heteroatoms. The van der Waals surface area contributed by atoms with E-state index in [0.717, 1.165) is 56.9 Å². The number of carbonyl (C=O) groups is 1. The minimum absolute atomic E-state index is 0.0362. The predicted octanol–water partition coefficient (Wildman–Crippen LogP) is 11.5. The third-order valence-corrected chi connectivity index (χ3v) is 21.4. The van der Waals surface area contributed by atoms with E-state index in [1.807, 2.05) is 19.1 Å². The molecule has 0 unspecified atom stereocenters. The van der Waals surface area contributed by atoms with Gasteiger partial charge in [0.2, 0.25) is 0 Å². The third kappa shape index (κ3) is 8.63. The van der Waals surface area contributed by atoms with Crippen molar-refractivity contribution in [1.29, 1.82) is 0 Å². The minimum atomic E-state index is -2.47. The average Bonchev–Trinajstić information content (AvgIpc) is 3.88. The number of fused-ring (bicyclic) bond motifs is 3. The Hall–Kier alpha value is -5.52. The fourth-order valence-corrected chi connectivity index (χ4v) is 17.3. The predicted molar refractivity (Wildman–Crippen MR) is 258 cm³/mol. The number of pyridine rings is 1. The second-order valence-corrected chi connectivity index (χ2v) is 25.5. The lowest BCUT2D eigenvalue weighted by Gasteiger charge is -2.48. The van der Waals surface area contributed by atoms with Crippen LogP contribution in [-0.2, 0) is 15.9 Å². The maximum Gasteiger partial charge on any atom is 0.513 e. The van der Waals surface area contributed by atoms with E-state index in [1.165, 1.54) is 30.3 Å². The second kappa shape index (κ2) is 18.8. The first-order valence-electron chi connectivity index (χ1n) is 24.3. The van der Waals surface area contributed by atoms with Gasteiger partial charge in [-0.25, -0.2) is 13.6 Å². The number of nitro groups is 1. The number of rotatable bonds is 15. The lowest BCUT2D eigenvalue weighted by molar-refractivity contribution is -0.384. The van der Waals surface area contributed by atoms with E-state index in [1.54, 1.807) is 12.3 Å². The van der Waals surface area contributed by atoms with Crippen LogP contribution in [0.2, 0.25) is 16.6 Å². The van der Waals surface area contributed by atoms with Crippen molar-refractivity contribution in [3.05, 3.63) is 82.0 Å². The summed E-state index contributed by atoms with van der Waals surface area (Å²) in [5.41, 5.74) is 1.04. The highest BCUT2D eigenvalue weighted by molar-refractivity contribution is 6.78. The topological polar surface area (TPSA) is 152 Å². The van der Waals surface area contributed by atoms with Crippen LogP contribution in [0, 0.1) is 21.7 Å². The van der Waals surface area contributed by atoms with Gasteiger partial charge in [0.15, 0.2) is 5.82 Å². The van der Waals surface area contributed by atoms with Gasteiger partial charge < -0.3 is 28.3 Å². The summed E-state index contributed by atoms with van der Waals surface area (Å²) in [6.07, 6.45) is 7.11. The number of nitro benzene ring substituents is 1. The molecule has 362 valence electrons. The molecule has 9 rings (SSSR count). The maximum atomic E-state index is 17.9. The summed E-state index contributed by atoms with van der Waals surface area (Å²) in [6.45, 7) is 18.3. The summed E-state index contributed by atoms with van der Waals surface area (Å²) in [4.78, 5) is 42.4. The fraction of sp³-hybridized carbons (Fsp3) is 0.529. The number of aromatic nitrogens is 3. The highest BCUT2D eigenvalue weighted by Gasteiger charge is 2.51. The van der Waals surface area contributed by atoms with Crippen LogP contribution in [0.15, 0.2) is 54.7 Å². The molecule has 4 aliphatic rings.